The van der Waals surface area contributed by atoms with Crippen molar-refractivity contribution >= 4 is 13.6 Å². The average molecular weight is 354 g/mol. The Labute approximate surface area is 144 Å². The van der Waals surface area contributed by atoms with Gasteiger partial charge in [-0.25, -0.2) is 14.1 Å². The molecule has 2 atom stereocenters. The Morgan fingerprint density at radius 1 is 1.29 bits per heavy atom. The van der Waals surface area contributed by atoms with Crippen molar-refractivity contribution in [2.75, 3.05) is 32.8 Å². The average Bonchev–Trinajstić information content (AvgIpc) is 2.59. The Morgan fingerprint density at radius 2 is 1.96 bits per heavy atom. The molecule has 1 aliphatic rings. The van der Waals surface area contributed by atoms with Crippen molar-refractivity contribution in [3.8, 4) is 0 Å². The third-order valence-corrected chi connectivity index (χ3v) is 7.01. The fourth-order valence-electron chi connectivity index (χ4n) is 3.00. The Morgan fingerprint density at radius 3 is 2.54 bits per heavy atom. The molecule has 1 saturated heterocycles. The largest absolute Gasteiger partial charge is 0.465 e. The number of esters is 1. The molecule has 1 aliphatic heterocycles. The topological polar surface area (TPSA) is 59.1 Å². The molecule has 0 aromatic heterocycles. The van der Waals surface area contributed by atoms with Crippen LogP contribution in [0, 0.1) is 0 Å². The summed E-state index contributed by atoms with van der Waals surface area (Å²) in [4.78, 5) is 12.7. The van der Waals surface area contributed by atoms with Crippen LogP contribution in [0.4, 0.5) is 0 Å². The van der Waals surface area contributed by atoms with E-state index < -0.39 is 13.7 Å². The van der Waals surface area contributed by atoms with Crippen LogP contribution in [0.25, 0.3) is 0 Å². The zero-order chi connectivity index (χ0) is 17.6. The molecule has 7 heteroatoms. The molecule has 0 N–H and O–H groups in total. The maximum atomic E-state index is 13.7. The first-order chi connectivity index (χ1) is 11.6. The summed E-state index contributed by atoms with van der Waals surface area (Å²) in [6.07, 6.45) is 0.730. The van der Waals surface area contributed by atoms with Crippen molar-refractivity contribution in [2.24, 2.45) is 0 Å². The van der Waals surface area contributed by atoms with E-state index in [-0.39, 0.29) is 12.6 Å². The highest BCUT2D eigenvalue weighted by Crippen LogP contribution is 2.59. The third-order valence-electron chi connectivity index (χ3n) is 4.13. The van der Waals surface area contributed by atoms with E-state index in [1.54, 1.807) is 16.3 Å². The van der Waals surface area contributed by atoms with Gasteiger partial charge >= 0.3 is 13.6 Å². The first-order valence-corrected chi connectivity index (χ1v) is 10.1. The van der Waals surface area contributed by atoms with Crippen LogP contribution < -0.4 is 0 Å². The van der Waals surface area contributed by atoms with E-state index in [4.69, 9.17) is 9.26 Å². The molecule has 2 rings (SSSR count). The molecule has 0 spiro atoms. The van der Waals surface area contributed by atoms with Gasteiger partial charge in [0.15, 0.2) is 0 Å². The zero-order valence-corrected chi connectivity index (χ0v) is 15.6. The van der Waals surface area contributed by atoms with E-state index in [1.807, 2.05) is 44.2 Å². The molecule has 0 amide bonds. The van der Waals surface area contributed by atoms with Crippen molar-refractivity contribution in [2.45, 2.75) is 33.2 Å². The van der Waals surface area contributed by atoms with E-state index in [2.05, 4.69) is 0 Å². The molecular formula is C17H27N2O4P. The van der Waals surface area contributed by atoms with E-state index in [9.17, 15) is 9.36 Å². The number of benzene rings is 1. The molecule has 1 fully saturated rings. The zero-order valence-electron chi connectivity index (χ0n) is 14.7. The lowest BCUT2D eigenvalue weighted by Crippen LogP contribution is -2.42. The number of hydrogen-bond acceptors (Lipinski definition) is 4. The molecule has 134 valence electrons. The molecule has 0 unspecified atom stereocenters. The highest BCUT2D eigenvalue weighted by atomic mass is 31.2. The van der Waals surface area contributed by atoms with Gasteiger partial charge in [0, 0.05) is 19.6 Å². The van der Waals surface area contributed by atoms with E-state index >= 15 is 0 Å². The predicted molar refractivity (Wildman–Crippen MR) is 93.6 cm³/mol. The normalized spacial score (nSPS) is 23.2. The minimum absolute atomic E-state index is 0.284. The highest BCUT2D eigenvalue weighted by Gasteiger charge is 2.46. The maximum absolute atomic E-state index is 13.7. The summed E-state index contributed by atoms with van der Waals surface area (Å²) < 4.78 is 28.2. The van der Waals surface area contributed by atoms with Crippen LogP contribution in [-0.4, -0.2) is 48.2 Å². The fraction of sp³-hybridized carbons (Fsp3) is 0.588. The number of carbonyl (C=O) groups is 1. The lowest BCUT2D eigenvalue weighted by molar-refractivity contribution is -0.148. The van der Waals surface area contributed by atoms with Crippen molar-refractivity contribution in [3.63, 3.8) is 0 Å². The summed E-state index contributed by atoms with van der Waals surface area (Å²) in [6.45, 7) is 8.11. The first kappa shape index (κ1) is 19.1. The molecule has 24 heavy (non-hydrogen) atoms. The summed E-state index contributed by atoms with van der Waals surface area (Å²) in [6, 6.07) is 8.63. The summed E-state index contributed by atoms with van der Waals surface area (Å²) in [7, 11) is -3.27. The summed E-state index contributed by atoms with van der Waals surface area (Å²) in [5.74, 6) is -0.387. The van der Waals surface area contributed by atoms with Crippen molar-refractivity contribution < 1.29 is 18.6 Å². The first-order valence-electron chi connectivity index (χ1n) is 8.57. The van der Waals surface area contributed by atoms with Crippen LogP contribution in [0.15, 0.2) is 30.3 Å². The molecule has 0 bridgehead atoms. The second kappa shape index (κ2) is 8.77. The number of hydrogen-bond donors (Lipinski definition) is 0. The van der Waals surface area contributed by atoms with Crippen LogP contribution in [0.1, 0.15) is 38.8 Å². The summed E-state index contributed by atoms with van der Waals surface area (Å²) >= 11 is 0. The Kier molecular flexibility index (Phi) is 6.99. The van der Waals surface area contributed by atoms with Gasteiger partial charge in [-0.15, -0.1) is 0 Å². The lowest BCUT2D eigenvalue weighted by atomic mass is 10.1. The molecule has 1 aromatic rings. The van der Waals surface area contributed by atoms with Gasteiger partial charge in [0.25, 0.3) is 0 Å². The monoisotopic (exact) mass is 354 g/mol. The Balaban J connectivity index is 2.45. The number of nitrogens with zero attached hydrogens (tertiary/aromatic N) is 2. The van der Waals surface area contributed by atoms with E-state index in [1.165, 1.54) is 0 Å². The Hall–Kier alpha value is -1.20. The van der Waals surface area contributed by atoms with E-state index in [0.29, 0.717) is 26.2 Å². The van der Waals surface area contributed by atoms with Crippen LogP contribution >= 0.6 is 7.67 Å². The summed E-state index contributed by atoms with van der Waals surface area (Å²) in [5, 5.41) is 0. The van der Waals surface area contributed by atoms with E-state index in [0.717, 1.165) is 12.0 Å². The van der Waals surface area contributed by atoms with Gasteiger partial charge < -0.3 is 9.26 Å². The van der Waals surface area contributed by atoms with Crippen molar-refractivity contribution in [1.82, 2.24) is 9.34 Å². The van der Waals surface area contributed by atoms with Gasteiger partial charge in [-0.3, -0.25) is 4.57 Å². The standard InChI is InChI=1S/C17H27N2O4P/c1-4-18(5-2)24(21)19(13-10-14-23-24)16(17(20)22-6-3)15-11-8-7-9-12-15/h7-9,11-12,16H,4-6,10,13-14H2,1-3H3/t16-,24+/m1/s1. The summed E-state index contributed by atoms with van der Waals surface area (Å²) in [5.41, 5.74) is 0.772. The molecule has 1 aromatic carbocycles. The van der Waals surface area contributed by atoms with Crippen molar-refractivity contribution in [1.29, 1.82) is 0 Å². The van der Waals surface area contributed by atoms with Crippen LogP contribution in [0.2, 0.25) is 0 Å². The second-order valence-corrected chi connectivity index (χ2v) is 7.86. The number of carbonyl (C=O) groups excluding carboxylic acids is 1. The quantitative estimate of drug-likeness (QED) is 0.552. The van der Waals surface area contributed by atoms with Gasteiger partial charge in [0.2, 0.25) is 0 Å². The molecular weight excluding hydrogens is 327 g/mol. The molecule has 0 radical (unpaired) electrons. The smallest absolute Gasteiger partial charge is 0.347 e. The van der Waals surface area contributed by atoms with Gasteiger partial charge in [0.1, 0.15) is 6.04 Å². The molecule has 0 aliphatic carbocycles. The van der Waals surface area contributed by atoms with Crippen LogP contribution in [-0.2, 0) is 18.6 Å². The number of rotatable bonds is 7. The van der Waals surface area contributed by atoms with Crippen LogP contribution in [0.5, 0.6) is 0 Å². The maximum Gasteiger partial charge on any atom is 0.347 e. The minimum atomic E-state index is -3.27. The van der Waals surface area contributed by atoms with Gasteiger partial charge in [-0.2, -0.15) is 0 Å². The number of ether oxygens (including phenoxy) is 1. The molecule has 6 nitrogen and oxygen atoms in total. The van der Waals surface area contributed by atoms with Gasteiger partial charge in [-0.05, 0) is 18.9 Å². The van der Waals surface area contributed by atoms with Gasteiger partial charge in [0.05, 0.1) is 13.2 Å². The lowest BCUT2D eigenvalue weighted by Gasteiger charge is -2.43. The minimum Gasteiger partial charge on any atom is -0.465 e. The third kappa shape index (κ3) is 3.89. The fourth-order valence-corrected chi connectivity index (χ4v) is 5.63. The van der Waals surface area contributed by atoms with Crippen molar-refractivity contribution in [3.05, 3.63) is 35.9 Å². The molecule has 0 saturated carbocycles. The molecule has 1 heterocycles. The van der Waals surface area contributed by atoms with Crippen LogP contribution in [0.3, 0.4) is 0 Å². The second-order valence-electron chi connectivity index (χ2n) is 5.54. The SMILES string of the molecule is CCOC(=O)[C@@H](c1ccccc1)N1CCCO[P@@]1(=O)N(CC)CC. The Bertz CT molecular complexity index is 577. The highest BCUT2D eigenvalue weighted by molar-refractivity contribution is 7.54. The predicted octanol–water partition coefficient (Wildman–Crippen LogP) is 3.46. The van der Waals surface area contributed by atoms with Gasteiger partial charge in [-0.1, -0.05) is 44.2 Å².